The van der Waals surface area contributed by atoms with Gasteiger partial charge in [-0.05, 0) is 55.8 Å². The normalized spacial score (nSPS) is 18.0. The Morgan fingerprint density at radius 1 is 1.04 bits per heavy atom. The molecular weight excluding hydrogens is 325 g/mol. The van der Waals surface area contributed by atoms with Gasteiger partial charge in [0.1, 0.15) is 5.82 Å². The van der Waals surface area contributed by atoms with Gasteiger partial charge >= 0.3 is 0 Å². The molecule has 1 saturated heterocycles. The highest BCUT2D eigenvalue weighted by Crippen LogP contribution is 2.28. The van der Waals surface area contributed by atoms with Crippen LogP contribution in [0.25, 0.3) is 11.3 Å². The zero-order valence-electron chi connectivity index (χ0n) is 14.7. The summed E-state index contributed by atoms with van der Waals surface area (Å²) in [6, 6.07) is 18.8. The number of aromatic nitrogens is 2. The van der Waals surface area contributed by atoms with Gasteiger partial charge in [-0.3, -0.25) is 14.9 Å². The van der Waals surface area contributed by atoms with Crippen LogP contribution in [-0.2, 0) is 6.54 Å². The maximum Gasteiger partial charge on any atom is 0.123 e. The SMILES string of the molecule is Fc1cccc(-c2cccc([C@H]3CCCN(Cc4ccccn4)C3)n2)c1. The van der Waals surface area contributed by atoms with Crippen LogP contribution in [0.5, 0.6) is 0 Å². The summed E-state index contributed by atoms with van der Waals surface area (Å²) in [6.45, 7) is 2.95. The second kappa shape index (κ2) is 7.75. The highest BCUT2D eigenvalue weighted by Gasteiger charge is 2.23. The van der Waals surface area contributed by atoms with E-state index in [0.29, 0.717) is 5.92 Å². The van der Waals surface area contributed by atoms with Crippen molar-refractivity contribution in [3.63, 3.8) is 0 Å². The molecule has 1 aliphatic rings. The van der Waals surface area contributed by atoms with Crippen molar-refractivity contribution < 1.29 is 4.39 Å². The second-order valence-electron chi connectivity index (χ2n) is 6.85. The van der Waals surface area contributed by atoms with Crippen LogP contribution in [0.2, 0.25) is 0 Å². The minimum atomic E-state index is -0.228. The van der Waals surface area contributed by atoms with Crippen molar-refractivity contribution in [3.05, 3.63) is 84.1 Å². The Labute approximate surface area is 153 Å². The molecule has 0 unspecified atom stereocenters. The standard InChI is InChI=1S/C22H22FN3/c23-19-8-3-6-17(14-19)21-10-4-11-22(25-21)18-7-5-13-26(15-18)16-20-9-1-2-12-24-20/h1-4,6,8-12,14,18H,5,7,13,15-16H2/t18-/m0/s1. The molecule has 1 fully saturated rings. The fraction of sp³-hybridized carbons (Fsp3) is 0.273. The highest BCUT2D eigenvalue weighted by molar-refractivity contribution is 5.59. The molecule has 0 spiro atoms. The molecule has 0 saturated carbocycles. The Bertz CT molecular complexity index is 866. The molecule has 0 amide bonds. The van der Waals surface area contributed by atoms with Crippen molar-refractivity contribution in [2.45, 2.75) is 25.3 Å². The van der Waals surface area contributed by atoms with Gasteiger partial charge in [0, 0.05) is 36.5 Å². The van der Waals surface area contributed by atoms with Gasteiger partial charge in [0.05, 0.1) is 11.4 Å². The van der Waals surface area contributed by atoms with Crippen LogP contribution in [0.3, 0.4) is 0 Å². The van der Waals surface area contributed by atoms with Crippen LogP contribution in [0.4, 0.5) is 4.39 Å². The Hall–Kier alpha value is -2.59. The van der Waals surface area contributed by atoms with E-state index in [2.05, 4.69) is 22.0 Å². The molecule has 3 aromatic rings. The first-order chi connectivity index (χ1) is 12.8. The number of piperidine rings is 1. The van der Waals surface area contributed by atoms with Crippen molar-refractivity contribution >= 4 is 0 Å². The monoisotopic (exact) mass is 347 g/mol. The van der Waals surface area contributed by atoms with E-state index in [9.17, 15) is 4.39 Å². The number of hydrogen-bond acceptors (Lipinski definition) is 3. The average molecular weight is 347 g/mol. The summed E-state index contributed by atoms with van der Waals surface area (Å²) < 4.78 is 13.5. The number of pyridine rings is 2. The second-order valence-corrected chi connectivity index (χ2v) is 6.85. The molecule has 0 radical (unpaired) electrons. The Morgan fingerprint density at radius 3 is 2.81 bits per heavy atom. The van der Waals surface area contributed by atoms with Gasteiger partial charge in [0.25, 0.3) is 0 Å². The van der Waals surface area contributed by atoms with Crippen molar-refractivity contribution in [2.75, 3.05) is 13.1 Å². The predicted octanol–water partition coefficient (Wildman–Crippen LogP) is 4.66. The Balaban J connectivity index is 1.51. The first kappa shape index (κ1) is 16.9. The van der Waals surface area contributed by atoms with Crippen molar-refractivity contribution in [3.8, 4) is 11.3 Å². The van der Waals surface area contributed by atoms with Crippen molar-refractivity contribution in [2.24, 2.45) is 0 Å². The number of benzene rings is 1. The van der Waals surface area contributed by atoms with Crippen LogP contribution in [0, 0.1) is 5.82 Å². The van der Waals surface area contributed by atoms with Gasteiger partial charge in [-0.1, -0.05) is 24.3 Å². The van der Waals surface area contributed by atoms with Crippen LogP contribution >= 0.6 is 0 Å². The maximum atomic E-state index is 13.5. The van der Waals surface area contributed by atoms with E-state index in [-0.39, 0.29) is 5.82 Å². The summed E-state index contributed by atoms with van der Waals surface area (Å²) >= 11 is 0. The number of likely N-dealkylation sites (tertiary alicyclic amines) is 1. The molecule has 4 rings (SSSR count). The number of rotatable bonds is 4. The first-order valence-corrected chi connectivity index (χ1v) is 9.13. The fourth-order valence-corrected chi connectivity index (χ4v) is 3.65. The largest absolute Gasteiger partial charge is 0.297 e. The summed E-state index contributed by atoms with van der Waals surface area (Å²) in [6.07, 6.45) is 4.14. The molecule has 0 N–H and O–H groups in total. The average Bonchev–Trinajstić information content (AvgIpc) is 2.69. The topological polar surface area (TPSA) is 29.0 Å². The van der Waals surface area contributed by atoms with Gasteiger partial charge in [-0.15, -0.1) is 0 Å². The molecule has 1 aliphatic heterocycles. The summed E-state index contributed by atoms with van der Waals surface area (Å²) in [5, 5.41) is 0. The number of hydrogen-bond donors (Lipinski definition) is 0. The molecule has 1 atom stereocenters. The molecule has 3 nitrogen and oxygen atoms in total. The predicted molar refractivity (Wildman–Crippen MR) is 101 cm³/mol. The zero-order chi connectivity index (χ0) is 17.8. The summed E-state index contributed by atoms with van der Waals surface area (Å²) in [7, 11) is 0. The van der Waals surface area contributed by atoms with Crippen LogP contribution < -0.4 is 0 Å². The van der Waals surface area contributed by atoms with Gasteiger partial charge in [-0.25, -0.2) is 4.39 Å². The Kier molecular flexibility index (Phi) is 5.02. The first-order valence-electron chi connectivity index (χ1n) is 9.13. The van der Waals surface area contributed by atoms with E-state index < -0.39 is 0 Å². The zero-order valence-corrected chi connectivity index (χ0v) is 14.7. The molecular formula is C22H22FN3. The van der Waals surface area contributed by atoms with Gasteiger partial charge in [-0.2, -0.15) is 0 Å². The smallest absolute Gasteiger partial charge is 0.123 e. The van der Waals surface area contributed by atoms with Gasteiger partial charge < -0.3 is 0 Å². The van der Waals surface area contributed by atoms with E-state index in [1.807, 2.05) is 36.5 Å². The fourth-order valence-electron chi connectivity index (χ4n) is 3.65. The van der Waals surface area contributed by atoms with Crippen molar-refractivity contribution in [1.29, 1.82) is 0 Å². The molecule has 4 heteroatoms. The molecule has 1 aromatic carbocycles. The summed E-state index contributed by atoms with van der Waals surface area (Å²) in [5.74, 6) is 0.176. The van der Waals surface area contributed by atoms with E-state index in [1.165, 1.54) is 6.07 Å². The lowest BCUT2D eigenvalue weighted by molar-refractivity contribution is 0.196. The highest BCUT2D eigenvalue weighted by atomic mass is 19.1. The third kappa shape index (κ3) is 3.97. The van der Waals surface area contributed by atoms with Crippen LogP contribution in [0.15, 0.2) is 66.9 Å². The van der Waals surface area contributed by atoms with Gasteiger partial charge in [0.15, 0.2) is 0 Å². The van der Waals surface area contributed by atoms with Crippen LogP contribution in [-0.4, -0.2) is 28.0 Å². The van der Waals surface area contributed by atoms with E-state index >= 15 is 0 Å². The minimum absolute atomic E-state index is 0.228. The third-order valence-corrected chi connectivity index (χ3v) is 4.93. The third-order valence-electron chi connectivity index (χ3n) is 4.93. The molecule has 3 heterocycles. The molecule has 132 valence electrons. The summed E-state index contributed by atoms with van der Waals surface area (Å²) in [5.41, 5.74) is 3.86. The molecule has 0 aliphatic carbocycles. The van der Waals surface area contributed by atoms with Gasteiger partial charge in [0.2, 0.25) is 0 Å². The van der Waals surface area contributed by atoms with E-state index in [4.69, 9.17) is 4.98 Å². The minimum Gasteiger partial charge on any atom is -0.297 e. The number of nitrogens with zero attached hydrogens (tertiary/aromatic N) is 3. The maximum absolute atomic E-state index is 13.5. The summed E-state index contributed by atoms with van der Waals surface area (Å²) in [4.78, 5) is 11.7. The lowest BCUT2D eigenvalue weighted by Crippen LogP contribution is -2.34. The van der Waals surface area contributed by atoms with E-state index in [1.54, 1.807) is 12.1 Å². The van der Waals surface area contributed by atoms with Crippen LogP contribution in [0.1, 0.15) is 30.1 Å². The lowest BCUT2D eigenvalue weighted by atomic mass is 9.93. The molecule has 26 heavy (non-hydrogen) atoms. The quantitative estimate of drug-likeness (QED) is 0.687. The Morgan fingerprint density at radius 2 is 1.96 bits per heavy atom. The van der Waals surface area contributed by atoms with E-state index in [0.717, 1.165) is 55.1 Å². The number of halogens is 1. The lowest BCUT2D eigenvalue weighted by Gasteiger charge is -2.32. The molecule has 2 aromatic heterocycles. The molecule has 0 bridgehead atoms. The van der Waals surface area contributed by atoms with Crippen molar-refractivity contribution in [1.82, 2.24) is 14.9 Å².